The number of amides is 1. The summed E-state index contributed by atoms with van der Waals surface area (Å²) in [4.78, 5) is 27.3. The molecule has 1 heterocycles. The minimum Gasteiger partial charge on any atom is -0.494 e. The van der Waals surface area contributed by atoms with Gasteiger partial charge in [0.2, 0.25) is 0 Å². The number of carbonyl (C=O) groups is 2. The molecule has 7 nitrogen and oxygen atoms in total. The van der Waals surface area contributed by atoms with E-state index in [-0.39, 0.29) is 17.0 Å². The van der Waals surface area contributed by atoms with Gasteiger partial charge in [0, 0.05) is 11.9 Å². The largest absolute Gasteiger partial charge is 0.494 e. The van der Waals surface area contributed by atoms with Crippen LogP contribution in [0, 0.1) is 0 Å². The molecule has 31 heavy (non-hydrogen) atoms. The third kappa shape index (κ3) is 7.62. The molecule has 7 heteroatoms. The van der Waals surface area contributed by atoms with Gasteiger partial charge in [0.1, 0.15) is 12.4 Å². The second-order valence-electron chi connectivity index (χ2n) is 7.24. The molecular formula is C24H28N2O5. The SMILES string of the molecule is COc1cc(C(=O)Nc2ccc(OC/C=C(\C)CCC=C(C)C)cc2)cnc1C(=O)O. The average molecular weight is 424 g/mol. The molecule has 0 aliphatic rings. The lowest BCUT2D eigenvalue weighted by atomic mass is 10.1. The molecule has 0 saturated heterocycles. The number of rotatable bonds is 10. The number of nitrogens with one attached hydrogen (secondary N) is 1. The number of nitrogens with zero attached hydrogens (tertiary/aromatic N) is 1. The first-order valence-corrected chi connectivity index (χ1v) is 9.90. The van der Waals surface area contributed by atoms with Crippen LogP contribution in [-0.4, -0.2) is 35.7 Å². The minimum absolute atomic E-state index is 0.0214. The number of aromatic nitrogens is 1. The van der Waals surface area contributed by atoms with E-state index in [1.165, 1.54) is 30.5 Å². The Bertz CT molecular complexity index is 974. The van der Waals surface area contributed by atoms with E-state index in [0.717, 1.165) is 12.8 Å². The molecule has 0 atom stereocenters. The summed E-state index contributed by atoms with van der Waals surface area (Å²) in [7, 11) is 1.32. The number of ether oxygens (including phenoxy) is 2. The molecule has 0 unspecified atom stereocenters. The number of hydrogen-bond acceptors (Lipinski definition) is 5. The molecule has 0 fully saturated rings. The maximum absolute atomic E-state index is 12.4. The Labute approximate surface area is 182 Å². The Morgan fingerprint density at radius 3 is 2.45 bits per heavy atom. The van der Waals surface area contributed by atoms with E-state index in [9.17, 15) is 9.59 Å². The quantitative estimate of drug-likeness (QED) is 0.514. The lowest BCUT2D eigenvalue weighted by Gasteiger charge is -2.09. The standard InChI is InChI=1S/C24H28N2O5/c1-16(2)6-5-7-17(3)12-13-31-20-10-8-19(9-11-20)26-23(27)18-14-21(30-4)22(24(28)29)25-15-18/h6,8-12,14-15H,5,7,13H2,1-4H3,(H,26,27)(H,28,29)/b17-12+. The molecule has 0 bridgehead atoms. The van der Waals surface area contributed by atoms with Crippen molar-refractivity contribution in [3.8, 4) is 11.5 Å². The van der Waals surface area contributed by atoms with Crippen molar-refractivity contribution in [1.82, 2.24) is 4.98 Å². The zero-order chi connectivity index (χ0) is 22.8. The fourth-order valence-electron chi connectivity index (χ4n) is 2.69. The number of anilines is 1. The van der Waals surface area contributed by atoms with Crippen molar-refractivity contribution in [3.63, 3.8) is 0 Å². The summed E-state index contributed by atoms with van der Waals surface area (Å²) in [6.07, 6.45) is 7.52. The zero-order valence-corrected chi connectivity index (χ0v) is 18.3. The van der Waals surface area contributed by atoms with Crippen molar-refractivity contribution < 1.29 is 24.2 Å². The van der Waals surface area contributed by atoms with Crippen LogP contribution in [-0.2, 0) is 0 Å². The lowest BCUT2D eigenvalue weighted by molar-refractivity contribution is 0.0686. The third-order valence-electron chi connectivity index (χ3n) is 4.42. The Morgan fingerprint density at radius 2 is 1.84 bits per heavy atom. The van der Waals surface area contributed by atoms with Crippen LogP contribution in [0.5, 0.6) is 11.5 Å². The van der Waals surface area contributed by atoms with E-state index in [4.69, 9.17) is 14.6 Å². The normalized spacial score (nSPS) is 10.9. The van der Waals surface area contributed by atoms with Gasteiger partial charge in [-0.05, 0) is 70.0 Å². The number of methoxy groups -OCH3 is 1. The summed E-state index contributed by atoms with van der Waals surface area (Å²) in [5.74, 6) is -0.933. The van der Waals surface area contributed by atoms with E-state index >= 15 is 0 Å². The first kappa shape index (κ1) is 23.7. The third-order valence-corrected chi connectivity index (χ3v) is 4.42. The van der Waals surface area contributed by atoms with Gasteiger partial charge in [-0.25, -0.2) is 9.78 Å². The summed E-state index contributed by atoms with van der Waals surface area (Å²) in [6.45, 7) is 6.76. The predicted octanol–water partition coefficient (Wildman–Crippen LogP) is 5.11. The van der Waals surface area contributed by atoms with Gasteiger partial charge >= 0.3 is 5.97 Å². The molecule has 1 aromatic carbocycles. The van der Waals surface area contributed by atoms with Crippen molar-refractivity contribution in [2.45, 2.75) is 33.6 Å². The predicted molar refractivity (Wildman–Crippen MR) is 120 cm³/mol. The van der Waals surface area contributed by atoms with Gasteiger partial charge in [-0.2, -0.15) is 0 Å². The van der Waals surface area contributed by atoms with Crippen molar-refractivity contribution in [1.29, 1.82) is 0 Å². The first-order valence-electron chi connectivity index (χ1n) is 9.90. The molecule has 2 aromatic rings. The number of pyridine rings is 1. The maximum atomic E-state index is 12.4. The Morgan fingerprint density at radius 1 is 1.13 bits per heavy atom. The molecule has 0 radical (unpaired) electrons. The van der Waals surface area contributed by atoms with Crippen LogP contribution in [0.3, 0.4) is 0 Å². The number of carbonyl (C=O) groups excluding carboxylic acids is 1. The average Bonchev–Trinajstić information content (AvgIpc) is 2.74. The molecule has 0 saturated carbocycles. The number of benzene rings is 1. The van der Waals surface area contributed by atoms with Gasteiger partial charge in [-0.3, -0.25) is 4.79 Å². The monoisotopic (exact) mass is 424 g/mol. The zero-order valence-electron chi connectivity index (χ0n) is 18.3. The second kappa shape index (κ2) is 11.5. The highest BCUT2D eigenvalue weighted by molar-refractivity contribution is 6.04. The second-order valence-corrected chi connectivity index (χ2v) is 7.24. The van der Waals surface area contributed by atoms with E-state index < -0.39 is 11.9 Å². The van der Waals surface area contributed by atoms with E-state index in [0.29, 0.717) is 18.0 Å². The highest BCUT2D eigenvalue weighted by Crippen LogP contribution is 2.20. The molecule has 164 valence electrons. The maximum Gasteiger partial charge on any atom is 0.358 e. The fraction of sp³-hybridized carbons (Fsp3) is 0.292. The number of aromatic carboxylic acids is 1. The molecule has 2 N–H and O–H groups in total. The Balaban J connectivity index is 1.91. The molecule has 1 amide bonds. The Hall–Kier alpha value is -3.61. The van der Waals surface area contributed by atoms with Crippen LogP contribution in [0.4, 0.5) is 5.69 Å². The first-order chi connectivity index (χ1) is 14.8. The number of carboxylic acids is 1. The number of allylic oxidation sites excluding steroid dienone is 3. The van der Waals surface area contributed by atoms with Crippen molar-refractivity contribution >= 4 is 17.6 Å². The summed E-state index contributed by atoms with van der Waals surface area (Å²) < 4.78 is 10.7. The van der Waals surface area contributed by atoms with Crippen molar-refractivity contribution in [3.05, 3.63) is 71.1 Å². The highest BCUT2D eigenvalue weighted by Gasteiger charge is 2.16. The number of carboxylic acid groups (broad SMARTS) is 1. The molecule has 2 rings (SSSR count). The van der Waals surface area contributed by atoms with Crippen LogP contribution < -0.4 is 14.8 Å². The van der Waals surface area contributed by atoms with Gasteiger partial charge in [-0.1, -0.05) is 17.2 Å². The van der Waals surface area contributed by atoms with E-state index in [1.807, 2.05) is 0 Å². The topological polar surface area (TPSA) is 97.8 Å². The summed E-state index contributed by atoms with van der Waals surface area (Å²) in [5.41, 5.74) is 3.12. The summed E-state index contributed by atoms with van der Waals surface area (Å²) in [6, 6.07) is 8.35. The van der Waals surface area contributed by atoms with Gasteiger partial charge < -0.3 is 19.9 Å². The molecule has 0 aliphatic carbocycles. The van der Waals surface area contributed by atoms with Crippen LogP contribution in [0.2, 0.25) is 0 Å². The molecule has 1 aromatic heterocycles. The van der Waals surface area contributed by atoms with Crippen LogP contribution in [0.15, 0.2) is 59.8 Å². The number of hydrogen-bond donors (Lipinski definition) is 2. The van der Waals surface area contributed by atoms with E-state index in [1.54, 1.807) is 24.3 Å². The summed E-state index contributed by atoms with van der Waals surface area (Å²) >= 11 is 0. The smallest absolute Gasteiger partial charge is 0.358 e. The minimum atomic E-state index is -1.22. The van der Waals surface area contributed by atoms with Gasteiger partial charge in [0.15, 0.2) is 11.4 Å². The van der Waals surface area contributed by atoms with Crippen LogP contribution in [0.25, 0.3) is 0 Å². The van der Waals surface area contributed by atoms with Crippen molar-refractivity contribution in [2.24, 2.45) is 0 Å². The van der Waals surface area contributed by atoms with Crippen molar-refractivity contribution in [2.75, 3.05) is 19.0 Å². The molecular weight excluding hydrogens is 396 g/mol. The van der Waals surface area contributed by atoms with Gasteiger partial charge in [-0.15, -0.1) is 0 Å². The highest BCUT2D eigenvalue weighted by atomic mass is 16.5. The summed E-state index contributed by atoms with van der Waals surface area (Å²) in [5, 5.41) is 11.8. The van der Waals surface area contributed by atoms with Crippen LogP contribution in [0.1, 0.15) is 54.5 Å². The van der Waals surface area contributed by atoms with E-state index in [2.05, 4.69) is 43.2 Å². The molecule has 0 spiro atoms. The van der Waals surface area contributed by atoms with Gasteiger partial charge in [0.25, 0.3) is 5.91 Å². The van der Waals surface area contributed by atoms with Gasteiger partial charge in [0.05, 0.1) is 12.7 Å². The Kier molecular flexibility index (Phi) is 8.81. The molecule has 0 aliphatic heterocycles. The lowest BCUT2D eigenvalue weighted by Crippen LogP contribution is -2.14. The van der Waals surface area contributed by atoms with Crippen LogP contribution >= 0.6 is 0 Å². The fourth-order valence-corrected chi connectivity index (χ4v) is 2.69.